The first-order chi connectivity index (χ1) is 31.2. The highest BCUT2D eigenvalue weighted by molar-refractivity contribution is 7.15. The summed E-state index contributed by atoms with van der Waals surface area (Å²) in [4.78, 5) is 37.8. The van der Waals surface area contributed by atoms with Gasteiger partial charge < -0.3 is 20.4 Å². The van der Waals surface area contributed by atoms with Crippen molar-refractivity contribution >= 4 is 34.6 Å². The van der Waals surface area contributed by atoms with Gasteiger partial charge in [-0.1, -0.05) is 56.3 Å². The number of fused-ring (bicyclic) bond motifs is 3. The number of aryl methyl sites for hydroxylation is 2. The maximum atomic E-state index is 13.8. The average molecular weight is 916 g/mol. The number of benzene rings is 3. The zero-order chi connectivity index (χ0) is 45.7. The quantitative estimate of drug-likeness (QED) is 0.0896. The summed E-state index contributed by atoms with van der Waals surface area (Å²) >= 11 is 8.03. The van der Waals surface area contributed by atoms with Crippen LogP contribution in [0.5, 0.6) is 11.5 Å². The number of likely N-dealkylation sites (tertiary alicyclic amines) is 2. The Morgan fingerprint density at radius 3 is 2.43 bits per heavy atom. The summed E-state index contributed by atoms with van der Waals surface area (Å²) in [6, 6.07) is 18.1. The number of carbonyl (C=O) groups is 1. The number of hydrogen-bond donors (Lipinski definition) is 4. The Morgan fingerprint density at radius 2 is 1.71 bits per heavy atom. The zero-order valence-corrected chi connectivity index (χ0v) is 39.0. The maximum absolute atomic E-state index is 13.8. The molecule has 2 atom stereocenters. The Morgan fingerprint density at radius 1 is 0.969 bits per heavy atom. The molecule has 3 aromatic heterocycles. The molecule has 1 unspecified atom stereocenters. The van der Waals surface area contributed by atoms with Crippen molar-refractivity contribution in [3.8, 4) is 33.6 Å². The number of aromatic nitrogens is 6. The van der Waals surface area contributed by atoms with Gasteiger partial charge in [-0.15, -0.1) is 21.5 Å². The molecule has 65 heavy (non-hydrogen) atoms. The van der Waals surface area contributed by atoms with Gasteiger partial charge >= 0.3 is 5.69 Å². The van der Waals surface area contributed by atoms with Crippen LogP contribution in [-0.2, 0) is 11.3 Å². The molecule has 14 nitrogen and oxygen atoms in total. The molecule has 0 aliphatic carbocycles. The molecule has 2 fully saturated rings. The van der Waals surface area contributed by atoms with Crippen molar-refractivity contribution in [2.75, 3.05) is 39.3 Å². The fourth-order valence-electron chi connectivity index (χ4n) is 9.49. The molecule has 6 aromatic rings. The topological polar surface area (TPSA) is 170 Å². The van der Waals surface area contributed by atoms with Crippen LogP contribution < -0.4 is 11.0 Å². The summed E-state index contributed by atoms with van der Waals surface area (Å²) in [7, 11) is 0. The van der Waals surface area contributed by atoms with Crippen molar-refractivity contribution in [3.05, 3.63) is 133 Å². The molecule has 0 radical (unpaired) electrons. The molecule has 0 bridgehead atoms. The van der Waals surface area contributed by atoms with E-state index in [1.807, 2.05) is 69.3 Å². The second-order valence-corrected chi connectivity index (χ2v) is 19.6. The number of halogens is 1. The molecule has 3 aliphatic rings. The van der Waals surface area contributed by atoms with Gasteiger partial charge in [0.25, 0.3) is 0 Å². The summed E-state index contributed by atoms with van der Waals surface area (Å²) in [5.74, 6) is 2.28. The van der Waals surface area contributed by atoms with Crippen LogP contribution in [0.15, 0.2) is 82.6 Å². The number of phenolic OH excluding ortho intramolecular Hbond substituents is 2. The third-order valence-electron chi connectivity index (χ3n) is 13.3. The van der Waals surface area contributed by atoms with Crippen LogP contribution in [0, 0.1) is 32.6 Å². The fraction of sp³-hybridized carbons (Fsp3) is 0.388. The van der Waals surface area contributed by atoms with Crippen LogP contribution in [0.3, 0.4) is 0 Å². The van der Waals surface area contributed by atoms with Crippen LogP contribution in [0.2, 0.25) is 5.02 Å². The first-order valence-electron chi connectivity index (χ1n) is 22.3. The molecule has 0 spiro atoms. The lowest BCUT2D eigenvalue weighted by Crippen LogP contribution is -2.42. The van der Waals surface area contributed by atoms with Crippen molar-refractivity contribution in [1.29, 1.82) is 0 Å². The molecule has 16 heteroatoms. The zero-order valence-electron chi connectivity index (χ0n) is 37.4. The van der Waals surface area contributed by atoms with E-state index in [0.717, 1.165) is 103 Å². The molecule has 338 valence electrons. The van der Waals surface area contributed by atoms with Crippen LogP contribution in [0.25, 0.3) is 22.1 Å². The van der Waals surface area contributed by atoms with E-state index >= 15 is 0 Å². The third kappa shape index (κ3) is 8.70. The summed E-state index contributed by atoms with van der Waals surface area (Å²) in [5, 5.41) is 42.3. The number of aliphatic imine (C=N–C) groups is 1. The van der Waals surface area contributed by atoms with E-state index in [1.54, 1.807) is 17.4 Å². The van der Waals surface area contributed by atoms with Crippen LogP contribution in [0.1, 0.15) is 89.4 Å². The molecule has 4 N–H and O–H groups in total. The van der Waals surface area contributed by atoms with Crippen LogP contribution in [-0.4, -0.2) is 100 Å². The number of phenols is 2. The van der Waals surface area contributed by atoms with E-state index < -0.39 is 11.7 Å². The normalized spacial score (nSPS) is 17.9. The van der Waals surface area contributed by atoms with Crippen molar-refractivity contribution in [2.45, 2.75) is 72.4 Å². The maximum Gasteiger partial charge on any atom is 0.348 e. The van der Waals surface area contributed by atoms with E-state index in [2.05, 4.69) is 60.5 Å². The number of hydrogen-bond acceptors (Lipinski definition) is 11. The highest BCUT2D eigenvalue weighted by Gasteiger charge is 2.35. The van der Waals surface area contributed by atoms with Crippen molar-refractivity contribution in [1.82, 2.24) is 44.6 Å². The van der Waals surface area contributed by atoms with Gasteiger partial charge in [0.05, 0.1) is 17.0 Å². The lowest BCUT2D eigenvalue weighted by Gasteiger charge is -2.33. The van der Waals surface area contributed by atoms with E-state index in [-0.39, 0.29) is 35.1 Å². The first-order valence-corrected chi connectivity index (χ1v) is 23.5. The van der Waals surface area contributed by atoms with Gasteiger partial charge in [0.2, 0.25) is 5.91 Å². The number of nitrogens with zero attached hydrogens (tertiary/aromatic N) is 8. The monoisotopic (exact) mass is 914 g/mol. The van der Waals surface area contributed by atoms with Gasteiger partial charge in [-0.2, -0.15) is 5.10 Å². The van der Waals surface area contributed by atoms with E-state index in [0.29, 0.717) is 34.3 Å². The minimum absolute atomic E-state index is 0.000726. The van der Waals surface area contributed by atoms with E-state index in [4.69, 9.17) is 16.6 Å². The molecule has 3 aliphatic heterocycles. The molecule has 3 aromatic carbocycles. The predicted octanol–water partition coefficient (Wildman–Crippen LogP) is 7.78. The Hall–Kier alpha value is -5.87. The molecular formula is C49H55ClN10O4S. The average Bonchev–Trinajstić information content (AvgIpc) is 4.06. The number of piperidine rings is 1. The summed E-state index contributed by atoms with van der Waals surface area (Å²) < 4.78 is 3.57. The van der Waals surface area contributed by atoms with Gasteiger partial charge in [-0.25, -0.2) is 14.5 Å². The van der Waals surface area contributed by atoms with E-state index in [1.165, 1.54) is 21.1 Å². The van der Waals surface area contributed by atoms with Gasteiger partial charge in [0, 0.05) is 65.7 Å². The number of rotatable bonds is 12. The smallest absolute Gasteiger partial charge is 0.348 e. The molecular weight excluding hydrogens is 860 g/mol. The molecule has 6 heterocycles. The number of nitrogens with one attached hydrogen (secondary N) is 2. The summed E-state index contributed by atoms with van der Waals surface area (Å²) in [5.41, 5.74) is 7.33. The number of aromatic amines is 1. The van der Waals surface area contributed by atoms with Crippen molar-refractivity contribution in [2.24, 2.45) is 16.8 Å². The van der Waals surface area contributed by atoms with Crippen molar-refractivity contribution in [3.63, 3.8) is 0 Å². The lowest BCUT2D eigenvalue weighted by atomic mass is 9.95. The largest absolute Gasteiger partial charge is 0.508 e. The summed E-state index contributed by atoms with van der Waals surface area (Å²) in [6.07, 6.45) is 2.58. The van der Waals surface area contributed by atoms with Gasteiger partial charge in [0.15, 0.2) is 11.6 Å². The van der Waals surface area contributed by atoms with Gasteiger partial charge in [0.1, 0.15) is 28.4 Å². The minimum Gasteiger partial charge on any atom is -0.508 e. The number of aromatic hydroxyl groups is 2. The minimum atomic E-state index is -0.431. The number of amides is 1. The molecule has 1 amide bonds. The summed E-state index contributed by atoms with van der Waals surface area (Å²) in [6.45, 7) is 19.9. The van der Waals surface area contributed by atoms with Crippen LogP contribution >= 0.6 is 22.9 Å². The third-order valence-corrected chi connectivity index (χ3v) is 14.7. The highest BCUT2D eigenvalue weighted by Crippen LogP contribution is 2.41. The van der Waals surface area contributed by atoms with Gasteiger partial charge in [-0.05, 0) is 118 Å². The second kappa shape index (κ2) is 18.2. The number of H-pyrrole nitrogens is 1. The molecule has 2 saturated heterocycles. The first kappa shape index (κ1) is 44.3. The fourth-order valence-corrected chi connectivity index (χ4v) is 10.8. The molecule has 0 saturated carbocycles. The van der Waals surface area contributed by atoms with Crippen molar-refractivity contribution < 1.29 is 15.0 Å². The second-order valence-electron chi connectivity index (χ2n) is 18.0. The molecule has 9 rings (SSSR count). The SMILES string of the molecule is C=C(CNCC1CCN(C(=O)C2CCN(Cc3ccc(-n4c(-c5cc(C(C)C)c(O)cc5O)n[nH]c4=O)cc3)CC2)C1)[C@@H]1N=C(c2ccc(Cl)cc2)c2c(sc(C)c2C)-n2c(C)nnc21. The Bertz CT molecular complexity index is 2850. The van der Waals surface area contributed by atoms with E-state index in [9.17, 15) is 19.8 Å². The van der Waals surface area contributed by atoms with Gasteiger partial charge in [-0.3, -0.25) is 19.3 Å². The number of thiophene rings is 1. The highest BCUT2D eigenvalue weighted by atomic mass is 35.5. The predicted molar refractivity (Wildman–Crippen MR) is 255 cm³/mol. The Kier molecular flexibility index (Phi) is 12.4. The standard InChI is InChI=1S/C49H55ClN10O4S/c1-27(2)38-21-39(41(62)22-40(38)61)45-54-56-49(64)60(45)37-13-7-32(8-14-37)25-57-18-16-35(17-19-57)47(63)58-20-15-33(26-58)24-51-23-28(3)43-46-55-53-31(6)59(46)48-42(29(4)30(5)65-48)44(52-43)34-9-11-36(50)12-10-34/h7-14,21-22,27,33,35,43,51,61-62H,3,15-20,23-26H2,1-2,4-6H3,(H,56,64)/t33?,43-/m0/s1. The Labute approximate surface area is 387 Å². The van der Waals surface area contributed by atoms with Crippen LogP contribution in [0.4, 0.5) is 0 Å². The number of carbonyl (C=O) groups excluding carboxylic acids is 1. The lowest BCUT2D eigenvalue weighted by molar-refractivity contribution is -0.136. The Balaban J connectivity index is 0.778.